The third kappa shape index (κ3) is 4.33. The average Bonchev–Trinajstić information content (AvgIpc) is 2.90. The van der Waals surface area contributed by atoms with Crippen molar-refractivity contribution in [2.75, 3.05) is 5.32 Å². The van der Waals surface area contributed by atoms with Crippen molar-refractivity contribution in [3.05, 3.63) is 79.4 Å². The third-order valence-corrected chi connectivity index (χ3v) is 5.00. The first-order valence-corrected chi connectivity index (χ1v) is 9.09. The zero-order valence-corrected chi connectivity index (χ0v) is 16.6. The number of amides is 1. The molecule has 4 nitrogen and oxygen atoms in total. The Morgan fingerprint density at radius 3 is 2.46 bits per heavy atom. The molecule has 1 N–H and O–H groups in total. The number of carbonyl (C=O) groups is 1. The van der Waals surface area contributed by atoms with Gasteiger partial charge in [0.15, 0.2) is 5.82 Å². The van der Waals surface area contributed by atoms with Gasteiger partial charge in [-0.25, -0.2) is 0 Å². The van der Waals surface area contributed by atoms with E-state index in [2.05, 4.69) is 10.4 Å². The van der Waals surface area contributed by atoms with Crippen LogP contribution in [0.2, 0.25) is 20.1 Å². The lowest BCUT2D eigenvalue weighted by molar-refractivity contribution is 0.102. The smallest absolute Gasteiger partial charge is 0.258 e. The molecule has 1 amide bonds. The highest BCUT2D eigenvalue weighted by Crippen LogP contribution is 2.24. The number of nitrogens with one attached hydrogen (secondary N) is 1. The fourth-order valence-electron chi connectivity index (χ4n) is 2.40. The Bertz CT molecular complexity index is 985. The molecule has 3 aromatic rings. The topological polar surface area (TPSA) is 46.9 Å². The van der Waals surface area contributed by atoms with Gasteiger partial charge in [0, 0.05) is 16.8 Å². The Morgan fingerprint density at radius 2 is 1.77 bits per heavy atom. The van der Waals surface area contributed by atoms with E-state index >= 15 is 0 Å². The van der Waals surface area contributed by atoms with Crippen molar-refractivity contribution >= 4 is 58.1 Å². The van der Waals surface area contributed by atoms with Crippen LogP contribution < -0.4 is 5.32 Å². The maximum Gasteiger partial charge on any atom is 0.258 e. The standard InChI is InChI=1S/C18H13Cl4N3O/c1-10-6-17(23-18(26)13-4-3-12(19)8-15(13)21)24-25(10)9-11-2-5-14(20)16(22)7-11/h2-8H,9H2,1H3,(H,23,24,26). The van der Waals surface area contributed by atoms with E-state index in [9.17, 15) is 4.79 Å². The number of nitrogens with zero attached hydrogens (tertiary/aromatic N) is 2. The number of hydrogen-bond donors (Lipinski definition) is 1. The number of carbonyl (C=O) groups excluding carboxylic acids is 1. The molecule has 8 heteroatoms. The van der Waals surface area contributed by atoms with E-state index in [4.69, 9.17) is 46.4 Å². The molecule has 134 valence electrons. The highest BCUT2D eigenvalue weighted by atomic mass is 35.5. The van der Waals surface area contributed by atoms with Crippen molar-refractivity contribution in [3.8, 4) is 0 Å². The number of halogens is 4. The number of hydrogen-bond acceptors (Lipinski definition) is 2. The summed E-state index contributed by atoms with van der Waals surface area (Å²) in [4.78, 5) is 12.4. The second-order valence-corrected chi connectivity index (χ2v) is 7.31. The number of aryl methyl sites for hydroxylation is 1. The highest BCUT2D eigenvalue weighted by Gasteiger charge is 2.14. The molecule has 0 unspecified atom stereocenters. The van der Waals surface area contributed by atoms with Crippen LogP contribution in [0.5, 0.6) is 0 Å². The molecule has 0 bridgehead atoms. The van der Waals surface area contributed by atoms with E-state index in [-0.39, 0.29) is 10.9 Å². The summed E-state index contributed by atoms with van der Waals surface area (Å²) < 4.78 is 1.76. The maximum absolute atomic E-state index is 12.4. The van der Waals surface area contributed by atoms with Gasteiger partial charge in [0.1, 0.15) is 0 Å². The lowest BCUT2D eigenvalue weighted by Crippen LogP contribution is -2.13. The molecule has 1 aromatic heterocycles. The molecule has 0 atom stereocenters. The van der Waals surface area contributed by atoms with E-state index in [0.29, 0.717) is 33.0 Å². The van der Waals surface area contributed by atoms with Crippen molar-refractivity contribution in [1.82, 2.24) is 9.78 Å². The Morgan fingerprint density at radius 1 is 1.00 bits per heavy atom. The van der Waals surface area contributed by atoms with Crippen molar-refractivity contribution in [2.45, 2.75) is 13.5 Å². The molecule has 0 spiro atoms. The zero-order valence-electron chi connectivity index (χ0n) is 13.6. The number of anilines is 1. The fourth-order valence-corrected chi connectivity index (χ4v) is 3.21. The summed E-state index contributed by atoms with van der Waals surface area (Å²) in [5, 5.41) is 8.88. The van der Waals surface area contributed by atoms with Crippen molar-refractivity contribution < 1.29 is 4.79 Å². The van der Waals surface area contributed by atoms with Crippen LogP contribution in [0, 0.1) is 6.92 Å². The number of aromatic nitrogens is 2. The molecule has 0 aliphatic rings. The minimum absolute atomic E-state index is 0.280. The molecule has 0 aliphatic carbocycles. The molecule has 0 saturated carbocycles. The molecule has 3 rings (SSSR count). The van der Waals surface area contributed by atoms with Crippen LogP contribution in [0.4, 0.5) is 5.82 Å². The van der Waals surface area contributed by atoms with Crippen molar-refractivity contribution in [3.63, 3.8) is 0 Å². The third-order valence-electron chi connectivity index (χ3n) is 3.71. The first-order valence-electron chi connectivity index (χ1n) is 7.58. The number of benzene rings is 2. The molecule has 2 aromatic carbocycles. The summed E-state index contributed by atoms with van der Waals surface area (Å²) in [6, 6.07) is 11.9. The van der Waals surface area contributed by atoms with Gasteiger partial charge in [-0.1, -0.05) is 52.5 Å². The Kier molecular flexibility index (Phi) is 5.78. The van der Waals surface area contributed by atoms with Crippen LogP contribution in [0.15, 0.2) is 42.5 Å². The van der Waals surface area contributed by atoms with Gasteiger partial charge >= 0.3 is 0 Å². The van der Waals surface area contributed by atoms with E-state index in [0.717, 1.165) is 11.3 Å². The molecular formula is C18H13Cl4N3O. The Balaban J connectivity index is 1.77. The van der Waals surface area contributed by atoms with Crippen LogP contribution in [-0.4, -0.2) is 15.7 Å². The first-order chi connectivity index (χ1) is 12.3. The van der Waals surface area contributed by atoms with Crippen molar-refractivity contribution in [2.24, 2.45) is 0 Å². The summed E-state index contributed by atoms with van der Waals surface area (Å²) in [5.74, 6) is 0.0735. The quantitative estimate of drug-likeness (QED) is 0.545. The minimum atomic E-state index is -0.356. The van der Waals surface area contributed by atoms with Crippen LogP contribution in [-0.2, 0) is 6.54 Å². The molecule has 0 aliphatic heterocycles. The Labute approximate surface area is 170 Å². The molecular weight excluding hydrogens is 416 g/mol. The normalized spacial score (nSPS) is 10.8. The van der Waals surface area contributed by atoms with Gasteiger partial charge < -0.3 is 5.32 Å². The van der Waals surface area contributed by atoms with Crippen molar-refractivity contribution in [1.29, 1.82) is 0 Å². The summed E-state index contributed by atoms with van der Waals surface area (Å²) in [5.41, 5.74) is 2.16. The van der Waals surface area contributed by atoms with E-state index in [1.165, 1.54) is 6.07 Å². The molecule has 0 radical (unpaired) electrons. The Hall–Kier alpha value is -1.72. The summed E-state index contributed by atoms with van der Waals surface area (Å²) in [6.45, 7) is 2.40. The lowest BCUT2D eigenvalue weighted by atomic mass is 10.2. The lowest BCUT2D eigenvalue weighted by Gasteiger charge is -2.06. The highest BCUT2D eigenvalue weighted by molar-refractivity contribution is 6.42. The molecule has 26 heavy (non-hydrogen) atoms. The average molecular weight is 429 g/mol. The SMILES string of the molecule is Cc1cc(NC(=O)c2ccc(Cl)cc2Cl)nn1Cc1ccc(Cl)c(Cl)c1. The van der Waals surface area contributed by atoms with Gasteiger partial charge in [-0.2, -0.15) is 5.10 Å². The minimum Gasteiger partial charge on any atom is -0.305 e. The number of rotatable bonds is 4. The van der Waals surface area contributed by atoms with E-state index in [1.54, 1.807) is 35.0 Å². The van der Waals surface area contributed by atoms with Gasteiger partial charge in [0.2, 0.25) is 0 Å². The predicted molar refractivity (Wildman–Crippen MR) is 107 cm³/mol. The molecule has 0 saturated heterocycles. The first kappa shape index (κ1) is 19.1. The summed E-state index contributed by atoms with van der Waals surface area (Å²) in [7, 11) is 0. The van der Waals surface area contributed by atoms with Crippen LogP contribution in [0.3, 0.4) is 0 Å². The zero-order chi connectivity index (χ0) is 18.8. The largest absolute Gasteiger partial charge is 0.305 e. The fraction of sp³-hybridized carbons (Fsp3) is 0.111. The van der Waals surface area contributed by atoms with Gasteiger partial charge in [-0.05, 0) is 42.8 Å². The predicted octanol–water partition coefficient (Wildman–Crippen LogP) is 6.11. The van der Waals surface area contributed by atoms with Crippen LogP contribution >= 0.6 is 46.4 Å². The monoisotopic (exact) mass is 427 g/mol. The summed E-state index contributed by atoms with van der Waals surface area (Å²) >= 11 is 23.9. The van der Waals surface area contributed by atoms with Gasteiger partial charge in [0.25, 0.3) is 5.91 Å². The molecule has 0 fully saturated rings. The second-order valence-electron chi connectivity index (χ2n) is 5.66. The summed E-state index contributed by atoms with van der Waals surface area (Å²) in [6.07, 6.45) is 0. The van der Waals surface area contributed by atoms with Gasteiger partial charge in [0.05, 0.1) is 27.2 Å². The van der Waals surface area contributed by atoms with Gasteiger partial charge in [-0.3, -0.25) is 9.48 Å². The van der Waals surface area contributed by atoms with E-state index < -0.39 is 0 Å². The molecule has 1 heterocycles. The van der Waals surface area contributed by atoms with Gasteiger partial charge in [-0.15, -0.1) is 0 Å². The van der Waals surface area contributed by atoms with Crippen LogP contribution in [0.1, 0.15) is 21.6 Å². The van der Waals surface area contributed by atoms with Crippen LogP contribution in [0.25, 0.3) is 0 Å². The maximum atomic E-state index is 12.4. The second kappa shape index (κ2) is 7.89. The van der Waals surface area contributed by atoms with E-state index in [1.807, 2.05) is 13.0 Å².